The highest BCUT2D eigenvalue weighted by molar-refractivity contribution is 8.00. The molecule has 3 rings (SSSR count). The van der Waals surface area contributed by atoms with Crippen LogP contribution in [0.1, 0.15) is 47.3 Å². The predicted molar refractivity (Wildman–Crippen MR) is 136 cm³/mol. The number of primary amides is 2. The largest absolute Gasteiger partial charge is 0.447 e. The van der Waals surface area contributed by atoms with Gasteiger partial charge >= 0.3 is 6.09 Å². The van der Waals surface area contributed by atoms with Gasteiger partial charge < -0.3 is 25.8 Å². The van der Waals surface area contributed by atoms with Gasteiger partial charge in [-0.1, -0.05) is 37.3 Å². The highest BCUT2D eigenvalue weighted by atomic mass is 32.2. The first-order valence-corrected chi connectivity index (χ1v) is 12.6. The van der Waals surface area contributed by atoms with Crippen LogP contribution in [0.5, 0.6) is 0 Å². The lowest BCUT2D eigenvalue weighted by Gasteiger charge is -2.35. The van der Waals surface area contributed by atoms with Gasteiger partial charge in [0.2, 0.25) is 5.91 Å². The maximum atomic E-state index is 12.4. The van der Waals surface area contributed by atoms with E-state index in [1.807, 2.05) is 43.3 Å². The Morgan fingerprint density at radius 3 is 2.33 bits per heavy atom. The Bertz CT molecular complexity index is 1170. The summed E-state index contributed by atoms with van der Waals surface area (Å²) in [7, 11) is 0. The molecule has 0 radical (unpaired) electrons. The summed E-state index contributed by atoms with van der Waals surface area (Å²) < 4.78 is 10.5. The number of benzene rings is 2. The monoisotopic (exact) mass is 507 g/mol. The maximum absolute atomic E-state index is 12.4. The van der Waals surface area contributed by atoms with Gasteiger partial charge in [0, 0.05) is 18.0 Å². The highest BCUT2D eigenvalue weighted by Gasteiger charge is 2.28. The van der Waals surface area contributed by atoms with Crippen molar-refractivity contribution in [2.24, 2.45) is 11.5 Å². The van der Waals surface area contributed by atoms with Crippen molar-refractivity contribution in [1.29, 1.82) is 10.5 Å². The van der Waals surface area contributed by atoms with E-state index in [1.165, 1.54) is 11.8 Å². The number of hydrogen-bond donors (Lipinski definition) is 2. The summed E-state index contributed by atoms with van der Waals surface area (Å²) in [6.07, 6.45) is 1.11. The molecule has 2 aromatic rings. The molecular weight excluding hydrogens is 478 g/mol. The Balaban J connectivity index is 1.87. The molecule has 0 aromatic heterocycles. The average molecular weight is 508 g/mol. The molecule has 0 spiro atoms. The zero-order valence-electron chi connectivity index (χ0n) is 20.1. The van der Waals surface area contributed by atoms with Crippen molar-refractivity contribution in [3.05, 3.63) is 58.7 Å². The van der Waals surface area contributed by atoms with Crippen LogP contribution in [-0.2, 0) is 20.7 Å². The van der Waals surface area contributed by atoms with E-state index in [2.05, 4.69) is 17.0 Å². The SMILES string of the molecule is CCc1c(C#N)c(SC(C(N)=O)c2ccccc2)cc(N2CCC(OCCOC(N)=O)CC2)c1C#N. The van der Waals surface area contributed by atoms with Gasteiger partial charge in [-0.2, -0.15) is 10.5 Å². The lowest BCUT2D eigenvalue weighted by Crippen LogP contribution is -2.38. The van der Waals surface area contributed by atoms with Crippen LogP contribution in [0.3, 0.4) is 0 Å². The lowest BCUT2D eigenvalue weighted by atomic mass is 9.96. The summed E-state index contributed by atoms with van der Waals surface area (Å²) in [6, 6.07) is 15.6. The third-order valence-electron chi connectivity index (χ3n) is 6.02. The number of ether oxygens (including phenoxy) is 2. The molecule has 36 heavy (non-hydrogen) atoms. The minimum atomic E-state index is -0.829. The molecule has 1 atom stereocenters. The Labute approximate surface area is 214 Å². The second-order valence-electron chi connectivity index (χ2n) is 8.24. The van der Waals surface area contributed by atoms with E-state index in [9.17, 15) is 20.1 Å². The van der Waals surface area contributed by atoms with Crippen LogP contribution in [0.4, 0.5) is 10.5 Å². The Kier molecular flexibility index (Phi) is 9.57. The summed E-state index contributed by atoms with van der Waals surface area (Å²) in [6.45, 7) is 3.57. The van der Waals surface area contributed by atoms with E-state index in [1.54, 1.807) is 0 Å². The Morgan fingerprint density at radius 1 is 1.11 bits per heavy atom. The first kappa shape index (κ1) is 26.9. The normalized spacial score (nSPS) is 14.5. The molecule has 10 heteroatoms. The van der Waals surface area contributed by atoms with Crippen LogP contribution in [0, 0.1) is 22.7 Å². The minimum absolute atomic E-state index is 0.00143. The van der Waals surface area contributed by atoms with Gasteiger partial charge in [-0.3, -0.25) is 4.79 Å². The van der Waals surface area contributed by atoms with Gasteiger partial charge in [-0.05, 0) is 36.5 Å². The zero-order valence-corrected chi connectivity index (χ0v) is 20.9. The third-order valence-corrected chi connectivity index (χ3v) is 7.34. The fraction of sp³-hybridized carbons (Fsp3) is 0.385. The topological polar surface area (TPSA) is 155 Å². The number of thioether (sulfide) groups is 1. The Morgan fingerprint density at radius 2 is 1.78 bits per heavy atom. The van der Waals surface area contributed by atoms with Gasteiger partial charge in [-0.25, -0.2) is 4.79 Å². The third kappa shape index (κ3) is 6.48. The molecule has 188 valence electrons. The van der Waals surface area contributed by atoms with E-state index in [0.717, 1.165) is 24.1 Å². The van der Waals surface area contributed by atoms with Crippen LogP contribution in [0.25, 0.3) is 0 Å². The fourth-order valence-corrected chi connectivity index (χ4v) is 5.44. The van der Waals surface area contributed by atoms with Crippen molar-refractivity contribution in [1.82, 2.24) is 0 Å². The second kappa shape index (κ2) is 12.8. The molecule has 1 saturated heterocycles. The molecule has 1 fully saturated rings. The van der Waals surface area contributed by atoms with E-state index < -0.39 is 17.3 Å². The number of rotatable bonds is 10. The number of nitrogens with two attached hydrogens (primary N) is 2. The molecule has 2 amide bonds. The molecule has 4 N–H and O–H groups in total. The van der Waals surface area contributed by atoms with Gasteiger partial charge in [-0.15, -0.1) is 11.8 Å². The number of nitriles is 2. The molecular formula is C26H29N5O4S. The first-order valence-electron chi connectivity index (χ1n) is 11.7. The van der Waals surface area contributed by atoms with E-state index >= 15 is 0 Å². The van der Waals surface area contributed by atoms with Crippen LogP contribution in [-0.4, -0.2) is 44.4 Å². The lowest BCUT2D eigenvalue weighted by molar-refractivity contribution is -0.117. The molecule has 0 bridgehead atoms. The van der Waals surface area contributed by atoms with Crippen molar-refractivity contribution in [2.75, 3.05) is 31.2 Å². The molecule has 2 aromatic carbocycles. The number of carbonyl (C=O) groups is 2. The summed E-state index contributed by atoms with van der Waals surface area (Å²) in [5, 5.41) is 19.3. The standard InChI is InChI=1S/C26H29N5O4S/c1-2-19-20(15-27)22(31-10-8-18(9-11-31)34-12-13-35-26(30)33)14-23(21(19)16-28)36-24(25(29)32)17-6-4-3-5-7-17/h3-7,14,18,24H,2,8-13H2,1H3,(H2,29,32)(H2,30,33). The number of nitrogens with zero attached hydrogens (tertiary/aromatic N) is 3. The van der Waals surface area contributed by atoms with Gasteiger partial charge in [0.1, 0.15) is 24.0 Å². The number of carbonyl (C=O) groups excluding carboxylic acids is 2. The number of hydrogen-bond acceptors (Lipinski definition) is 8. The molecule has 0 saturated carbocycles. The molecule has 9 nitrogen and oxygen atoms in total. The van der Waals surface area contributed by atoms with Crippen LogP contribution < -0.4 is 16.4 Å². The van der Waals surface area contributed by atoms with E-state index in [0.29, 0.717) is 41.1 Å². The molecule has 1 unspecified atom stereocenters. The van der Waals surface area contributed by atoms with E-state index in [-0.39, 0.29) is 19.3 Å². The first-order chi connectivity index (χ1) is 17.4. The summed E-state index contributed by atoms with van der Waals surface area (Å²) in [5.74, 6) is -0.502. The minimum Gasteiger partial charge on any atom is -0.447 e. The summed E-state index contributed by atoms with van der Waals surface area (Å²) in [5.41, 5.74) is 13.7. The number of amides is 2. The smallest absolute Gasteiger partial charge is 0.404 e. The van der Waals surface area contributed by atoms with Gasteiger partial charge in [0.25, 0.3) is 0 Å². The van der Waals surface area contributed by atoms with Crippen molar-refractivity contribution < 1.29 is 19.1 Å². The van der Waals surface area contributed by atoms with Crippen LogP contribution in [0.15, 0.2) is 41.3 Å². The fourth-order valence-electron chi connectivity index (χ4n) is 4.31. The van der Waals surface area contributed by atoms with Gasteiger partial charge in [0.15, 0.2) is 0 Å². The van der Waals surface area contributed by atoms with Crippen molar-refractivity contribution in [3.8, 4) is 12.1 Å². The summed E-state index contributed by atoms with van der Waals surface area (Å²) in [4.78, 5) is 25.8. The molecule has 0 aliphatic carbocycles. The van der Waals surface area contributed by atoms with Crippen molar-refractivity contribution >= 4 is 29.4 Å². The van der Waals surface area contributed by atoms with Crippen molar-refractivity contribution in [3.63, 3.8) is 0 Å². The molecule has 1 aliphatic rings. The van der Waals surface area contributed by atoms with Crippen LogP contribution >= 0.6 is 11.8 Å². The van der Waals surface area contributed by atoms with Crippen LogP contribution in [0.2, 0.25) is 0 Å². The van der Waals surface area contributed by atoms with E-state index in [4.69, 9.17) is 20.9 Å². The zero-order chi connectivity index (χ0) is 26.1. The summed E-state index contributed by atoms with van der Waals surface area (Å²) >= 11 is 1.24. The quantitative estimate of drug-likeness (QED) is 0.366. The Hall–Kier alpha value is -3.73. The average Bonchev–Trinajstić information content (AvgIpc) is 2.89. The highest BCUT2D eigenvalue weighted by Crippen LogP contribution is 2.42. The number of anilines is 1. The molecule has 1 aliphatic heterocycles. The van der Waals surface area contributed by atoms with Crippen molar-refractivity contribution in [2.45, 2.75) is 42.4 Å². The molecule has 1 heterocycles. The second-order valence-corrected chi connectivity index (χ2v) is 9.38. The van der Waals surface area contributed by atoms with Gasteiger partial charge in [0.05, 0.1) is 29.5 Å². The maximum Gasteiger partial charge on any atom is 0.404 e. The predicted octanol–water partition coefficient (Wildman–Crippen LogP) is 3.39. The number of piperidine rings is 1.